The van der Waals surface area contributed by atoms with Crippen LogP contribution in [0.15, 0.2) is 62.9 Å². The van der Waals surface area contributed by atoms with Crippen LogP contribution in [0, 0.1) is 4.91 Å². The van der Waals surface area contributed by atoms with Crippen LogP contribution in [0.25, 0.3) is 6.08 Å². The molecule has 4 N–H and O–H groups in total. The van der Waals surface area contributed by atoms with Gasteiger partial charge in [-0.25, -0.2) is 10.3 Å². The standard InChI is InChI=1S/C15H12Cl2N6O5S/c16-10-7-12(17)15(21-25)13(8-10)29(26,27)23(18)11-4-1-9(2-5-11)3-6-14(24)20-22-28-19/h1-8H,18-19H2/b6-3+,22-20?. The molecule has 0 heterocycles. The van der Waals surface area contributed by atoms with E-state index < -0.39 is 26.5 Å². The maximum Gasteiger partial charge on any atom is 0.291 e. The average Bonchev–Trinajstić information content (AvgIpc) is 2.70. The third-order valence-corrected chi connectivity index (χ3v) is 5.48. The Morgan fingerprint density at radius 3 is 2.41 bits per heavy atom. The van der Waals surface area contributed by atoms with Crippen LogP contribution in [0.4, 0.5) is 11.4 Å². The van der Waals surface area contributed by atoms with Crippen LogP contribution in [0.5, 0.6) is 0 Å². The maximum absolute atomic E-state index is 12.8. The second-order valence-corrected chi connectivity index (χ2v) is 7.80. The van der Waals surface area contributed by atoms with E-state index >= 15 is 0 Å². The van der Waals surface area contributed by atoms with Crippen molar-refractivity contribution in [2.24, 2.45) is 27.3 Å². The second-order valence-electron chi connectivity index (χ2n) is 5.18. The Morgan fingerprint density at radius 1 is 1.17 bits per heavy atom. The summed E-state index contributed by atoms with van der Waals surface area (Å²) >= 11 is 11.7. The highest BCUT2D eigenvalue weighted by atomic mass is 35.5. The van der Waals surface area contributed by atoms with E-state index in [1.54, 1.807) is 0 Å². The Hall–Kier alpha value is -2.90. The quantitative estimate of drug-likeness (QED) is 0.210. The van der Waals surface area contributed by atoms with Crippen molar-refractivity contribution in [1.82, 2.24) is 0 Å². The topological polar surface area (TPSA) is 170 Å². The SMILES string of the molecule is NON=NC(=O)/C=C/c1ccc(N(N)S(=O)(=O)c2cc(Cl)cc(Cl)c2N=O)cc1. The zero-order chi connectivity index (χ0) is 21.6. The number of nitrogens with two attached hydrogens (primary N) is 2. The maximum atomic E-state index is 12.8. The van der Waals surface area contributed by atoms with Crippen LogP contribution >= 0.6 is 23.2 Å². The Bertz CT molecular complexity index is 1090. The number of hydrogen-bond acceptors (Lipinski definition) is 9. The fourth-order valence-corrected chi connectivity index (χ4v) is 4.00. The molecule has 0 spiro atoms. The Balaban J connectivity index is 2.32. The summed E-state index contributed by atoms with van der Waals surface area (Å²) < 4.78 is 26.0. The third-order valence-electron chi connectivity index (χ3n) is 3.37. The number of halogens is 2. The summed E-state index contributed by atoms with van der Waals surface area (Å²) in [5, 5.41) is 8.36. The number of carbonyl (C=O) groups excluding carboxylic acids is 1. The fraction of sp³-hybridized carbons (Fsp3) is 0. The average molecular weight is 459 g/mol. The van der Waals surface area contributed by atoms with Crippen molar-refractivity contribution in [3.05, 3.63) is 63.0 Å². The van der Waals surface area contributed by atoms with Gasteiger partial charge in [0.15, 0.2) is 0 Å². The molecule has 2 aromatic carbocycles. The molecule has 14 heteroatoms. The molecule has 0 aliphatic carbocycles. The smallest absolute Gasteiger partial charge is 0.282 e. The lowest BCUT2D eigenvalue weighted by Crippen LogP contribution is -2.37. The lowest BCUT2D eigenvalue weighted by molar-refractivity contribution is -0.114. The van der Waals surface area contributed by atoms with Gasteiger partial charge in [0.1, 0.15) is 10.6 Å². The molecule has 11 nitrogen and oxygen atoms in total. The van der Waals surface area contributed by atoms with E-state index in [-0.39, 0.29) is 15.7 Å². The molecule has 0 bridgehead atoms. The van der Waals surface area contributed by atoms with Gasteiger partial charge in [-0.1, -0.05) is 40.4 Å². The van der Waals surface area contributed by atoms with Crippen LogP contribution in [0.1, 0.15) is 5.56 Å². The zero-order valence-electron chi connectivity index (χ0n) is 14.3. The zero-order valence-corrected chi connectivity index (χ0v) is 16.6. The summed E-state index contributed by atoms with van der Waals surface area (Å²) in [5.41, 5.74) is 0.0654. The number of nitroso groups, excluding NO2 is 1. The van der Waals surface area contributed by atoms with Gasteiger partial charge in [0.05, 0.1) is 16.0 Å². The highest BCUT2D eigenvalue weighted by Crippen LogP contribution is 2.37. The number of sulfonamides is 1. The molecule has 0 saturated heterocycles. The summed E-state index contributed by atoms with van der Waals surface area (Å²) in [6.45, 7) is 0. The first-order valence-electron chi connectivity index (χ1n) is 7.42. The molecule has 0 aromatic heterocycles. The molecule has 0 unspecified atom stereocenters. The summed E-state index contributed by atoms with van der Waals surface area (Å²) in [6, 6.07) is 7.89. The molecule has 0 atom stereocenters. The van der Waals surface area contributed by atoms with E-state index in [0.717, 1.165) is 12.1 Å². The number of nitrogens with zero attached hydrogens (tertiary/aromatic N) is 4. The number of amides is 1. The predicted molar refractivity (Wildman–Crippen MR) is 106 cm³/mol. The highest BCUT2D eigenvalue weighted by Gasteiger charge is 2.28. The van der Waals surface area contributed by atoms with Crippen molar-refractivity contribution in [3.8, 4) is 0 Å². The van der Waals surface area contributed by atoms with E-state index in [1.165, 1.54) is 36.4 Å². The van der Waals surface area contributed by atoms with Gasteiger partial charge in [0.2, 0.25) is 0 Å². The third kappa shape index (κ3) is 5.34. The molecule has 29 heavy (non-hydrogen) atoms. The van der Waals surface area contributed by atoms with Gasteiger partial charge >= 0.3 is 0 Å². The molecular formula is C15H12Cl2N6O5S. The van der Waals surface area contributed by atoms with Crippen molar-refractivity contribution >= 4 is 56.6 Å². The molecule has 0 fully saturated rings. The molecule has 152 valence electrons. The van der Waals surface area contributed by atoms with E-state index in [2.05, 4.69) is 26.4 Å². The molecule has 2 rings (SSSR count). The van der Waals surface area contributed by atoms with Gasteiger partial charge in [-0.05, 0) is 41.1 Å². The van der Waals surface area contributed by atoms with E-state index in [9.17, 15) is 18.1 Å². The van der Waals surface area contributed by atoms with Gasteiger partial charge in [0.25, 0.3) is 15.9 Å². The monoisotopic (exact) mass is 458 g/mol. The van der Waals surface area contributed by atoms with Crippen LogP contribution in [0.2, 0.25) is 10.0 Å². The number of hydrogen-bond donors (Lipinski definition) is 2. The first-order valence-corrected chi connectivity index (χ1v) is 9.61. The first kappa shape index (κ1) is 22.4. The number of rotatable bonds is 7. The van der Waals surface area contributed by atoms with E-state index in [1.807, 2.05) is 0 Å². The fourth-order valence-electron chi connectivity index (χ4n) is 2.07. The molecule has 1 amide bonds. The number of hydrazine groups is 1. The Morgan fingerprint density at radius 2 is 1.83 bits per heavy atom. The highest BCUT2D eigenvalue weighted by molar-refractivity contribution is 7.92. The predicted octanol–water partition coefficient (Wildman–Crippen LogP) is 3.26. The lowest BCUT2D eigenvalue weighted by atomic mass is 10.2. The molecule has 0 aliphatic heterocycles. The number of benzene rings is 2. The van der Waals surface area contributed by atoms with Crippen LogP contribution < -0.4 is 16.2 Å². The van der Waals surface area contributed by atoms with Gasteiger partial charge < -0.3 is 0 Å². The Kier molecular flexibility index (Phi) is 7.36. The lowest BCUT2D eigenvalue weighted by Gasteiger charge is -2.20. The van der Waals surface area contributed by atoms with Crippen LogP contribution in [0.3, 0.4) is 0 Å². The van der Waals surface area contributed by atoms with E-state index in [0.29, 0.717) is 9.98 Å². The molecule has 0 saturated carbocycles. The minimum absolute atomic E-state index is 0.0169. The summed E-state index contributed by atoms with van der Waals surface area (Å²) in [4.78, 5) is 25.6. The summed E-state index contributed by atoms with van der Waals surface area (Å²) in [5.74, 6) is 9.62. The van der Waals surface area contributed by atoms with Crippen LogP contribution in [-0.2, 0) is 19.8 Å². The van der Waals surface area contributed by atoms with Crippen molar-refractivity contribution in [2.75, 3.05) is 4.41 Å². The molecule has 0 aliphatic rings. The van der Waals surface area contributed by atoms with Gasteiger partial charge in [0, 0.05) is 11.1 Å². The first-order chi connectivity index (χ1) is 13.7. The molecular weight excluding hydrogens is 447 g/mol. The van der Waals surface area contributed by atoms with Crippen molar-refractivity contribution < 1.29 is 18.2 Å². The van der Waals surface area contributed by atoms with Crippen LogP contribution in [-0.4, -0.2) is 14.3 Å². The minimum Gasteiger partial charge on any atom is -0.282 e. The normalized spacial score (nSPS) is 11.7. The van der Waals surface area contributed by atoms with Gasteiger partial charge in [-0.3, -0.25) is 9.73 Å². The Labute approximate surface area is 174 Å². The molecule has 0 radical (unpaired) electrons. The summed E-state index contributed by atoms with van der Waals surface area (Å²) in [7, 11) is -4.41. The minimum atomic E-state index is -4.41. The van der Waals surface area contributed by atoms with Crippen molar-refractivity contribution in [2.45, 2.75) is 4.90 Å². The number of carbonyl (C=O) groups is 1. The van der Waals surface area contributed by atoms with Crippen molar-refractivity contribution in [3.63, 3.8) is 0 Å². The summed E-state index contributed by atoms with van der Waals surface area (Å²) in [6.07, 6.45) is 2.48. The number of anilines is 1. The van der Waals surface area contributed by atoms with Gasteiger partial charge in [-0.15, -0.1) is 10.8 Å². The van der Waals surface area contributed by atoms with Gasteiger partial charge in [-0.2, -0.15) is 8.42 Å². The molecule has 2 aromatic rings. The largest absolute Gasteiger partial charge is 0.291 e. The second kappa shape index (κ2) is 9.54. The van der Waals surface area contributed by atoms with E-state index in [4.69, 9.17) is 29.0 Å². The van der Waals surface area contributed by atoms with Crippen molar-refractivity contribution in [1.29, 1.82) is 0 Å².